The summed E-state index contributed by atoms with van der Waals surface area (Å²) in [7, 11) is 0. The van der Waals surface area contributed by atoms with Crippen LogP contribution in [-0.4, -0.2) is 21.4 Å². The summed E-state index contributed by atoms with van der Waals surface area (Å²) in [6, 6.07) is 32.2. The molecule has 42 heavy (non-hydrogen) atoms. The second-order valence-electron chi connectivity index (χ2n) is 11.4. The Morgan fingerprint density at radius 3 is 2.14 bits per heavy atom. The molecule has 5 aromatic rings. The highest BCUT2D eigenvalue weighted by molar-refractivity contribution is 5.88. The Hall–Kier alpha value is -4.38. The number of hydrogen-bond acceptors (Lipinski definition) is 3. The Morgan fingerprint density at radius 1 is 0.810 bits per heavy atom. The number of aryl methyl sites for hydroxylation is 1. The second kappa shape index (κ2) is 11.5. The minimum atomic E-state index is 0.0480. The largest absolute Gasteiger partial charge is 0.392 e. The monoisotopic (exact) mass is 554 g/mol. The molecule has 0 aliphatic carbocycles. The number of aliphatic hydroxyl groups excluding tert-OH is 2. The smallest absolute Gasteiger partial charge is 0.0682 e. The molecule has 1 atom stereocenters. The van der Waals surface area contributed by atoms with Crippen molar-refractivity contribution < 1.29 is 10.2 Å². The van der Waals surface area contributed by atoms with Crippen molar-refractivity contribution in [3.8, 4) is 16.8 Å². The van der Waals surface area contributed by atoms with Crippen LogP contribution in [0.15, 0.2) is 115 Å². The standard InChI is InChI=1S/C38H38N2O2/c1-25-21-29(23-41)9-11-33-7-5-6-8-37(33)39(27(25)3)34-16-12-31(13-17-34)32-14-18-35(19-15-32)40-28(4)26(2)36-22-30(24-42)10-20-38(36)40/h5-10,12-20,22,25,41-42H,3,11,21,23-24H2,1-2,4H3/b29-9+. The molecule has 1 unspecified atom stereocenters. The van der Waals surface area contributed by atoms with Crippen molar-refractivity contribution in [1.82, 2.24) is 4.57 Å². The average molecular weight is 555 g/mol. The van der Waals surface area contributed by atoms with Gasteiger partial charge < -0.3 is 19.7 Å². The quantitative estimate of drug-likeness (QED) is 0.214. The summed E-state index contributed by atoms with van der Waals surface area (Å²) < 4.78 is 2.30. The van der Waals surface area contributed by atoms with Crippen LogP contribution >= 0.6 is 0 Å². The number of allylic oxidation sites excluding steroid dienone is 2. The van der Waals surface area contributed by atoms with E-state index in [4.69, 9.17) is 0 Å². The summed E-state index contributed by atoms with van der Waals surface area (Å²) in [6.45, 7) is 11.1. The highest BCUT2D eigenvalue weighted by Crippen LogP contribution is 2.39. The molecular weight excluding hydrogens is 516 g/mol. The summed E-state index contributed by atoms with van der Waals surface area (Å²) in [4.78, 5) is 2.28. The molecule has 6 rings (SSSR count). The Balaban J connectivity index is 1.32. The third-order valence-corrected chi connectivity index (χ3v) is 8.82. The van der Waals surface area contributed by atoms with Crippen molar-refractivity contribution in [3.63, 3.8) is 0 Å². The maximum Gasteiger partial charge on any atom is 0.0682 e. The zero-order chi connectivity index (χ0) is 29.4. The van der Waals surface area contributed by atoms with Crippen LogP contribution in [0.5, 0.6) is 0 Å². The molecule has 0 amide bonds. The normalized spacial score (nSPS) is 16.9. The molecule has 4 nitrogen and oxygen atoms in total. The molecule has 2 heterocycles. The molecule has 1 aromatic heterocycles. The lowest BCUT2D eigenvalue weighted by Gasteiger charge is -2.32. The predicted molar refractivity (Wildman–Crippen MR) is 174 cm³/mol. The van der Waals surface area contributed by atoms with Gasteiger partial charge in [-0.2, -0.15) is 0 Å². The lowest BCUT2D eigenvalue weighted by Crippen LogP contribution is -2.21. The first-order valence-electron chi connectivity index (χ1n) is 14.7. The zero-order valence-corrected chi connectivity index (χ0v) is 24.6. The van der Waals surface area contributed by atoms with Gasteiger partial charge in [0.25, 0.3) is 0 Å². The molecule has 212 valence electrons. The van der Waals surface area contributed by atoms with Gasteiger partial charge in [0.15, 0.2) is 0 Å². The summed E-state index contributed by atoms with van der Waals surface area (Å²) in [5.41, 5.74) is 13.5. The number of aromatic nitrogens is 1. The fraction of sp³-hybridized carbons (Fsp3) is 0.211. The molecule has 0 saturated heterocycles. The minimum absolute atomic E-state index is 0.0480. The molecule has 4 aromatic carbocycles. The van der Waals surface area contributed by atoms with Crippen LogP contribution in [0.4, 0.5) is 11.4 Å². The van der Waals surface area contributed by atoms with Crippen LogP contribution in [0.2, 0.25) is 0 Å². The van der Waals surface area contributed by atoms with E-state index in [0.717, 1.165) is 63.4 Å². The van der Waals surface area contributed by atoms with E-state index >= 15 is 0 Å². The number of nitrogens with zero attached hydrogens (tertiary/aromatic N) is 2. The molecule has 1 aliphatic rings. The first-order chi connectivity index (χ1) is 20.4. The molecule has 0 spiro atoms. The van der Waals surface area contributed by atoms with Crippen molar-refractivity contribution in [1.29, 1.82) is 0 Å². The van der Waals surface area contributed by atoms with E-state index in [1.54, 1.807) is 0 Å². The SMILES string of the molecule is C=C1C(C)C/C(CO)=C\Cc2ccccc2N1c1ccc(-c2ccc(-n3c(C)c(C)c4cc(CO)ccc43)cc2)cc1. The van der Waals surface area contributed by atoms with Crippen LogP contribution in [0.3, 0.4) is 0 Å². The Kier molecular flexibility index (Phi) is 7.59. The Bertz CT molecular complexity index is 1790. The van der Waals surface area contributed by atoms with Crippen molar-refractivity contribution in [2.45, 2.75) is 40.2 Å². The van der Waals surface area contributed by atoms with Crippen LogP contribution in [0.25, 0.3) is 27.7 Å². The van der Waals surface area contributed by atoms with E-state index < -0.39 is 0 Å². The lowest BCUT2D eigenvalue weighted by molar-refractivity contribution is 0.282. The molecule has 0 bridgehead atoms. The Morgan fingerprint density at radius 2 is 1.48 bits per heavy atom. The summed E-state index contributed by atoms with van der Waals surface area (Å²) in [6.07, 6.45) is 3.75. The van der Waals surface area contributed by atoms with Gasteiger partial charge in [-0.15, -0.1) is 0 Å². The number of fused-ring (bicyclic) bond motifs is 2. The highest BCUT2D eigenvalue weighted by atomic mass is 16.3. The van der Waals surface area contributed by atoms with Crippen molar-refractivity contribution >= 4 is 22.3 Å². The summed E-state index contributed by atoms with van der Waals surface area (Å²) in [5, 5.41) is 20.7. The van der Waals surface area contributed by atoms with E-state index in [-0.39, 0.29) is 19.1 Å². The van der Waals surface area contributed by atoms with Gasteiger partial charge in [-0.3, -0.25) is 0 Å². The van der Waals surface area contributed by atoms with Crippen molar-refractivity contribution in [2.75, 3.05) is 11.5 Å². The molecular formula is C38H38N2O2. The average Bonchev–Trinajstić information content (AvgIpc) is 3.30. The van der Waals surface area contributed by atoms with Gasteiger partial charge >= 0.3 is 0 Å². The summed E-state index contributed by atoms with van der Waals surface area (Å²) in [5.74, 6) is 0.189. The zero-order valence-electron chi connectivity index (χ0n) is 24.6. The highest BCUT2D eigenvalue weighted by Gasteiger charge is 2.23. The maximum absolute atomic E-state index is 9.91. The number of anilines is 2. The van der Waals surface area contributed by atoms with Crippen LogP contribution in [0.1, 0.15) is 35.7 Å². The van der Waals surface area contributed by atoms with Gasteiger partial charge in [0, 0.05) is 33.8 Å². The minimum Gasteiger partial charge on any atom is -0.392 e. The van der Waals surface area contributed by atoms with E-state index in [9.17, 15) is 10.2 Å². The molecule has 0 fully saturated rings. The van der Waals surface area contributed by atoms with Crippen LogP contribution in [-0.2, 0) is 13.0 Å². The summed E-state index contributed by atoms with van der Waals surface area (Å²) >= 11 is 0. The first-order valence-corrected chi connectivity index (χ1v) is 14.7. The van der Waals surface area contributed by atoms with E-state index in [2.05, 4.69) is 128 Å². The first kappa shape index (κ1) is 27.8. The number of hydrogen-bond donors (Lipinski definition) is 2. The second-order valence-corrected chi connectivity index (χ2v) is 11.4. The van der Waals surface area contributed by atoms with Gasteiger partial charge in [-0.25, -0.2) is 0 Å². The molecule has 1 aliphatic heterocycles. The topological polar surface area (TPSA) is 48.6 Å². The van der Waals surface area contributed by atoms with E-state index in [1.165, 1.54) is 22.2 Å². The van der Waals surface area contributed by atoms with Gasteiger partial charge in [0.1, 0.15) is 0 Å². The molecule has 2 N–H and O–H groups in total. The van der Waals surface area contributed by atoms with E-state index in [1.807, 2.05) is 6.07 Å². The molecule has 4 heteroatoms. The van der Waals surface area contributed by atoms with Gasteiger partial charge in [-0.1, -0.05) is 68.1 Å². The van der Waals surface area contributed by atoms with Crippen molar-refractivity contribution in [3.05, 3.63) is 137 Å². The van der Waals surface area contributed by atoms with Crippen molar-refractivity contribution in [2.24, 2.45) is 5.92 Å². The van der Waals surface area contributed by atoms with Gasteiger partial charge in [0.05, 0.1) is 18.7 Å². The van der Waals surface area contributed by atoms with E-state index in [0.29, 0.717) is 0 Å². The molecule has 0 saturated carbocycles. The number of rotatable bonds is 5. The third kappa shape index (κ3) is 4.98. The Labute approximate surface area is 248 Å². The number of aliphatic hydroxyl groups is 2. The number of para-hydroxylation sites is 1. The third-order valence-electron chi connectivity index (χ3n) is 8.82. The lowest BCUT2D eigenvalue weighted by atomic mass is 9.97. The molecule has 0 radical (unpaired) electrons. The maximum atomic E-state index is 9.91. The van der Waals surface area contributed by atoms with Crippen LogP contribution < -0.4 is 4.90 Å². The fourth-order valence-electron chi connectivity index (χ4n) is 6.22. The van der Waals surface area contributed by atoms with Gasteiger partial charge in [0.2, 0.25) is 0 Å². The van der Waals surface area contributed by atoms with Crippen LogP contribution in [0, 0.1) is 19.8 Å². The fourth-order valence-corrected chi connectivity index (χ4v) is 6.22. The predicted octanol–water partition coefficient (Wildman–Crippen LogP) is 8.56. The van der Waals surface area contributed by atoms with Gasteiger partial charge in [-0.05, 0) is 108 Å². The number of benzene rings is 4.